The van der Waals surface area contributed by atoms with Crippen LogP contribution in [0.4, 0.5) is 0 Å². The van der Waals surface area contributed by atoms with E-state index in [2.05, 4.69) is 10.2 Å². The Morgan fingerprint density at radius 1 is 0.900 bits per heavy atom. The Kier molecular flexibility index (Phi) is 8.63. The molecule has 3 aromatic carbocycles. The van der Waals surface area contributed by atoms with Gasteiger partial charge in [-0.2, -0.15) is 5.10 Å². The lowest BCUT2D eigenvalue weighted by Crippen LogP contribution is -2.28. The van der Waals surface area contributed by atoms with Gasteiger partial charge in [-0.1, -0.05) is 42.5 Å². The standard InChI is InChI=1S/C31H27N3O5S/c1-36-27-14-13-24(17-28(27)37-2)19-32-33-31-34(20-26-12-7-15-38-26)30(35)29(40-31)18-23-10-6-11-25(16-23)39-21-22-8-4-3-5-9-22/h3-19H,20-21H2,1-2H3/b29-18-,32-19+,33-31-. The molecule has 0 N–H and O–H groups in total. The van der Waals surface area contributed by atoms with Gasteiger partial charge in [-0.25, -0.2) is 0 Å². The van der Waals surface area contributed by atoms with E-state index < -0.39 is 0 Å². The molecule has 0 unspecified atom stereocenters. The lowest BCUT2D eigenvalue weighted by Gasteiger charge is -2.12. The van der Waals surface area contributed by atoms with E-state index in [9.17, 15) is 4.79 Å². The summed E-state index contributed by atoms with van der Waals surface area (Å²) in [4.78, 5) is 15.5. The lowest BCUT2D eigenvalue weighted by atomic mass is 10.2. The fourth-order valence-corrected chi connectivity index (χ4v) is 4.88. The number of carbonyl (C=O) groups is 1. The quantitative estimate of drug-likeness (QED) is 0.129. The maximum Gasteiger partial charge on any atom is 0.267 e. The van der Waals surface area contributed by atoms with Gasteiger partial charge in [-0.05, 0) is 77.0 Å². The van der Waals surface area contributed by atoms with Crippen molar-refractivity contribution in [2.75, 3.05) is 14.2 Å². The highest BCUT2D eigenvalue weighted by atomic mass is 32.2. The molecule has 0 bridgehead atoms. The minimum atomic E-state index is -0.183. The van der Waals surface area contributed by atoms with Gasteiger partial charge in [0.1, 0.15) is 18.1 Å². The molecule has 1 aliphatic heterocycles. The number of hydrogen-bond acceptors (Lipinski definition) is 8. The Labute approximate surface area is 236 Å². The minimum absolute atomic E-state index is 0.183. The van der Waals surface area contributed by atoms with Crippen LogP contribution < -0.4 is 14.2 Å². The van der Waals surface area contributed by atoms with E-state index >= 15 is 0 Å². The number of methoxy groups -OCH3 is 2. The molecule has 2 heterocycles. The van der Waals surface area contributed by atoms with E-state index in [1.165, 1.54) is 11.8 Å². The van der Waals surface area contributed by atoms with Gasteiger partial charge in [0.25, 0.3) is 5.91 Å². The third kappa shape index (κ3) is 6.62. The molecule has 202 valence electrons. The number of amidine groups is 1. The second-order valence-electron chi connectivity index (χ2n) is 8.67. The van der Waals surface area contributed by atoms with Crippen molar-refractivity contribution in [2.24, 2.45) is 10.2 Å². The second kappa shape index (κ2) is 12.9. The molecule has 0 spiro atoms. The summed E-state index contributed by atoms with van der Waals surface area (Å²) < 4.78 is 22.1. The van der Waals surface area contributed by atoms with Gasteiger partial charge in [0.15, 0.2) is 16.7 Å². The SMILES string of the molecule is COc1ccc(/C=N/N=C2\S/C(=C\c3cccc(OCc4ccccc4)c3)C(=O)N2Cc2ccco2)cc1OC. The van der Waals surface area contributed by atoms with E-state index in [0.717, 1.165) is 22.4 Å². The molecule has 1 aliphatic rings. The third-order valence-electron chi connectivity index (χ3n) is 5.94. The molecular weight excluding hydrogens is 526 g/mol. The molecule has 0 aliphatic carbocycles. The minimum Gasteiger partial charge on any atom is -0.493 e. The van der Waals surface area contributed by atoms with Crippen molar-refractivity contribution in [1.29, 1.82) is 0 Å². The van der Waals surface area contributed by atoms with Gasteiger partial charge in [-0.3, -0.25) is 9.69 Å². The Morgan fingerprint density at radius 3 is 2.52 bits per heavy atom. The molecule has 1 fully saturated rings. The summed E-state index contributed by atoms with van der Waals surface area (Å²) in [7, 11) is 3.16. The summed E-state index contributed by atoms with van der Waals surface area (Å²) >= 11 is 1.26. The van der Waals surface area contributed by atoms with Gasteiger partial charge in [-0.15, -0.1) is 5.10 Å². The number of thioether (sulfide) groups is 1. The zero-order valence-corrected chi connectivity index (χ0v) is 22.8. The van der Waals surface area contributed by atoms with E-state index in [1.54, 1.807) is 49.8 Å². The molecule has 1 amide bonds. The van der Waals surface area contributed by atoms with Gasteiger partial charge < -0.3 is 18.6 Å². The normalized spacial score (nSPS) is 15.3. The molecule has 0 saturated carbocycles. The number of ether oxygens (including phenoxy) is 3. The third-order valence-corrected chi connectivity index (χ3v) is 6.94. The van der Waals surface area contributed by atoms with E-state index in [0.29, 0.717) is 33.9 Å². The van der Waals surface area contributed by atoms with Crippen molar-refractivity contribution in [3.63, 3.8) is 0 Å². The van der Waals surface area contributed by atoms with Crippen LogP contribution >= 0.6 is 11.8 Å². The Bertz CT molecular complexity index is 1550. The van der Waals surface area contributed by atoms with Crippen LogP contribution in [0.15, 0.2) is 111 Å². The molecule has 0 radical (unpaired) electrons. The first kappa shape index (κ1) is 26.8. The predicted molar refractivity (Wildman–Crippen MR) is 157 cm³/mol. The Balaban J connectivity index is 1.36. The summed E-state index contributed by atoms with van der Waals surface area (Å²) in [5.74, 6) is 2.38. The van der Waals surface area contributed by atoms with Crippen LogP contribution in [-0.4, -0.2) is 36.4 Å². The summed E-state index contributed by atoms with van der Waals surface area (Å²) in [5.41, 5.74) is 2.70. The van der Waals surface area contributed by atoms with Gasteiger partial charge in [0, 0.05) is 0 Å². The summed E-state index contributed by atoms with van der Waals surface area (Å²) in [5, 5.41) is 9.07. The molecule has 0 atom stereocenters. The van der Waals surface area contributed by atoms with Gasteiger partial charge >= 0.3 is 0 Å². The lowest BCUT2D eigenvalue weighted by molar-refractivity contribution is -0.122. The number of furan rings is 1. The topological polar surface area (TPSA) is 85.9 Å². The van der Waals surface area contributed by atoms with Crippen LogP contribution in [0.1, 0.15) is 22.5 Å². The van der Waals surface area contributed by atoms with Crippen molar-refractivity contribution in [1.82, 2.24) is 4.90 Å². The number of amides is 1. The fraction of sp³-hybridized carbons (Fsp3) is 0.129. The van der Waals surface area contributed by atoms with Crippen LogP contribution in [0.3, 0.4) is 0 Å². The Hall–Kier alpha value is -4.76. The highest BCUT2D eigenvalue weighted by molar-refractivity contribution is 8.18. The summed E-state index contributed by atoms with van der Waals surface area (Å²) in [6.45, 7) is 0.696. The highest BCUT2D eigenvalue weighted by Gasteiger charge is 2.34. The molecule has 40 heavy (non-hydrogen) atoms. The molecular formula is C31H27N3O5S. The van der Waals surface area contributed by atoms with Crippen molar-refractivity contribution in [2.45, 2.75) is 13.2 Å². The van der Waals surface area contributed by atoms with E-state index in [1.807, 2.05) is 72.8 Å². The molecule has 1 aromatic heterocycles. The molecule has 8 nitrogen and oxygen atoms in total. The maximum absolute atomic E-state index is 13.4. The largest absolute Gasteiger partial charge is 0.493 e. The van der Waals surface area contributed by atoms with E-state index in [4.69, 9.17) is 18.6 Å². The number of nitrogens with zero attached hydrogens (tertiary/aromatic N) is 3. The first-order valence-corrected chi connectivity index (χ1v) is 13.3. The average Bonchev–Trinajstić information content (AvgIpc) is 3.61. The van der Waals surface area contributed by atoms with Crippen LogP contribution in [0.2, 0.25) is 0 Å². The highest BCUT2D eigenvalue weighted by Crippen LogP contribution is 2.34. The molecule has 4 aromatic rings. The first-order valence-electron chi connectivity index (χ1n) is 12.5. The molecule has 5 rings (SSSR count). The zero-order chi connectivity index (χ0) is 27.7. The van der Waals surface area contributed by atoms with E-state index in [-0.39, 0.29) is 12.5 Å². The number of rotatable bonds is 10. The summed E-state index contributed by atoms with van der Waals surface area (Å²) in [6, 6.07) is 26.6. The maximum atomic E-state index is 13.4. The van der Waals surface area contributed by atoms with Crippen LogP contribution in [-0.2, 0) is 17.9 Å². The smallest absolute Gasteiger partial charge is 0.267 e. The van der Waals surface area contributed by atoms with Crippen molar-refractivity contribution in [3.05, 3.63) is 119 Å². The van der Waals surface area contributed by atoms with Crippen molar-refractivity contribution in [3.8, 4) is 17.2 Å². The number of benzene rings is 3. The Morgan fingerprint density at radius 2 is 1.75 bits per heavy atom. The number of hydrogen-bond donors (Lipinski definition) is 0. The first-order chi connectivity index (χ1) is 19.6. The zero-order valence-electron chi connectivity index (χ0n) is 22.0. The molecule has 1 saturated heterocycles. The van der Waals surface area contributed by atoms with Gasteiger partial charge in [0.2, 0.25) is 0 Å². The van der Waals surface area contributed by atoms with Crippen LogP contribution in [0.25, 0.3) is 6.08 Å². The number of carbonyl (C=O) groups excluding carboxylic acids is 1. The van der Waals surface area contributed by atoms with Crippen molar-refractivity contribution >= 4 is 35.1 Å². The second-order valence-corrected chi connectivity index (χ2v) is 9.68. The van der Waals surface area contributed by atoms with Gasteiger partial charge in [0.05, 0.1) is 38.1 Å². The average molecular weight is 554 g/mol. The summed E-state index contributed by atoms with van der Waals surface area (Å²) in [6.07, 6.45) is 5.01. The monoisotopic (exact) mass is 553 g/mol. The fourth-order valence-electron chi connectivity index (χ4n) is 3.94. The van der Waals surface area contributed by atoms with Crippen LogP contribution in [0, 0.1) is 0 Å². The van der Waals surface area contributed by atoms with Crippen LogP contribution in [0.5, 0.6) is 17.2 Å². The molecule has 9 heteroatoms. The predicted octanol–water partition coefficient (Wildman–Crippen LogP) is 6.38. The van der Waals surface area contributed by atoms with Crippen molar-refractivity contribution < 1.29 is 23.4 Å².